The number of rotatable bonds is 2. The van der Waals surface area contributed by atoms with Crippen molar-refractivity contribution in [2.45, 2.75) is 12.4 Å². The van der Waals surface area contributed by atoms with Crippen LogP contribution in [0, 0.1) is 0 Å². The maximum absolute atomic E-state index is 12.9. The van der Waals surface area contributed by atoms with Gasteiger partial charge in [-0.25, -0.2) is 0 Å². The summed E-state index contributed by atoms with van der Waals surface area (Å²) in [6.45, 7) is 0. The fourth-order valence-electron chi connectivity index (χ4n) is 2.12. The van der Waals surface area contributed by atoms with Crippen LogP contribution in [0.15, 0.2) is 52.9 Å². The van der Waals surface area contributed by atoms with Crippen LogP contribution in [0.25, 0.3) is 22.9 Å². The first kappa shape index (κ1) is 17.0. The average Bonchev–Trinajstić information content (AvgIpc) is 3.04. The van der Waals surface area contributed by atoms with Gasteiger partial charge in [-0.05, 0) is 30.3 Å². The van der Waals surface area contributed by atoms with Crippen LogP contribution in [0.2, 0.25) is 0 Å². The monoisotopic (exact) mass is 358 g/mol. The van der Waals surface area contributed by atoms with Crippen molar-refractivity contribution in [2.24, 2.45) is 0 Å². The number of benzene rings is 2. The highest BCUT2D eigenvalue weighted by atomic mass is 19.4. The van der Waals surface area contributed by atoms with Gasteiger partial charge >= 0.3 is 12.4 Å². The summed E-state index contributed by atoms with van der Waals surface area (Å²) in [7, 11) is 0. The van der Waals surface area contributed by atoms with Gasteiger partial charge in [0, 0.05) is 11.1 Å². The molecule has 3 rings (SSSR count). The zero-order valence-corrected chi connectivity index (χ0v) is 12.2. The summed E-state index contributed by atoms with van der Waals surface area (Å²) in [6.07, 6.45) is -9.89. The predicted molar refractivity (Wildman–Crippen MR) is 75.2 cm³/mol. The first-order valence-corrected chi connectivity index (χ1v) is 6.83. The SMILES string of the molecule is FC(F)(F)c1cc(-c2nnc(-c3ccccc3)o2)cc(C(F)(F)F)c1. The summed E-state index contributed by atoms with van der Waals surface area (Å²) in [5, 5.41) is 7.23. The van der Waals surface area contributed by atoms with Crippen molar-refractivity contribution in [3.63, 3.8) is 0 Å². The van der Waals surface area contributed by atoms with Crippen LogP contribution < -0.4 is 0 Å². The van der Waals surface area contributed by atoms with E-state index in [-0.39, 0.29) is 12.0 Å². The Bertz CT molecular complexity index is 851. The highest BCUT2D eigenvalue weighted by molar-refractivity contribution is 5.60. The molecule has 0 fully saturated rings. The van der Waals surface area contributed by atoms with Crippen molar-refractivity contribution < 1.29 is 30.8 Å². The normalized spacial score (nSPS) is 12.4. The van der Waals surface area contributed by atoms with Gasteiger partial charge < -0.3 is 4.42 Å². The summed E-state index contributed by atoms with van der Waals surface area (Å²) < 4.78 is 82.6. The molecule has 0 saturated carbocycles. The molecule has 1 aromatic heterocycles. The fourth-order valence-corrected chi connectivity index (χ4v) is 2.12. The van der Waals surface area contributed by atoms with E-state index in [0.717, 1.165) is 0 Å². The van der Waals surface area contributed by atoms with E-state index in [1.165, 1.54) is 0 Å². The number of halogens is 6. The molecule has 0 unspecified atom stereocenters. The smallest absolute Gasteiger partial charge is 0.416 e. The van der Waals surface area contributed by atoms with E-state index in [2.05, 4.69) is 10.2 Å². The second kappa shape index (κ2) is 5.91. The zero-order chi connectivity index (χ0) is 18.2. The maximum Gasteiger partial charge on any atom is 0.416 e. The van der Waals surface area contributed by atoms with Crippen LogP contribution in [0.5, 0.6) is 0 Å². The standard InChI is InChI=1S/C16H8F6N2O/c17-15(18,19)11-6-10(7-12(8-11)16(20,21)22)14-24-23-13(25-14)9-4-2-1-3-5-9/h1-8H. The Labute approximate surface area is 136 Å². The highest BCUT2D eigenvalue weighted by Crippen LogP contribution is 2.38. The molecule has 0 spiro atoms. The Morgan fingerprint density at radius 2 is 1.12 bits per heavy atom. The molecule has 3 aromatic rings. The van der Waals surface area contributed by atoms with E-state index in [1.54, 1.807) is 30.3 Å². The van der Waals surface area contributed by atoms with Gasteiger partial charge in [0.15, 0.2) is 0 Å². The van der Waals surface area contributed by atoms with Crippen LogP contribution in [-0.4, -0.2) is 10.2 Å². The largest absolute Gasteiger partial charge is 0.416 e. The zero-order valence-electron chi connectivity index (χ0n) is 12.2. The molecule has 0 N–H and O–H groups in total. The molecule has 0 atom stereocenters. The van der Waals surface area contributed by atoms with E-state index in [0.29, 0.717) is 17.7 Å². The Balaban J connectivity index is 2.09. The third-order valence-electron chi connectivity index (χ3n) is 3.28. The molecule has 0 bridgehead atoms. The fraction of sp³-hybridized carbons (Fsp3) is 0.125. The summed E-state index contributed by atoms with van der Waals surface area (Å²) in [6, 6.07) is 9.42. The van der Waals surface area contributed by atoms with Gasteiger partial charge in [0.2, 0.25) is 11.8 Å². The first-order chi connectivity index (χ1) is 11.6. The maximum atomic E-state index is 12.9. The molecule has 0 amide bonds. The molecule has 3 nitrogen and oxygen atoms in total. The van der Waals surface area contributed by atoms with Crippen LogP contribution in [0.3, 0.4) is 0 Å². The van der Waals surface area contributed by atoms with Gasteiger partial charge in [0.25, 0.3) is 0 Å². The summed E-state index contributed by atoms with van der Waals surface area (Å²) in [5.74, 6) is -0.447. The minimum Gasteiger partial charge on any atom is -0.416 e. The lowest BCUT2D eigenvalue weighted by atomic mass is 10.0. The highest BCUT2D eigenvalue weighted by Gasteiger charge is 2.37. The molecule has 0 aliphatic heterocycles. The van der Waals surface area contributed by atoms with Gasteiger partial charge in [-0.15, -0.1) is 10.2 Å². The lowest BCUT2D eigenvalue weighted by Gasteiger charge is -2.12. The lowest BCUT2D eigenvalue weighted by Crippen LogP contribution is -2.11. The third kappa shape index (κ3) is 3.65. The second-order valence-corrected chi connectivity index (χ2v) is 5.07. The molecule has 0 aliphatic carbocycles. The van der Waals surface area contributed by atoms with Crippen LogP contribution in [0.1, 0.15) is 11.1 Å². The topological polar surface area (TPSA) is 38.9 Å². The van der Waals surface area contributed by atoms with E-state index in [1.807, 2.05) is 0 Å². The summed E-state index contributed by atoms with van der Waals surface area (Å²) in [4.78, 5) is 0. The molecular formula is C16H8F6N2O. The molecular weight excluding hydrogens is 350 g/mol. The summed E-state index contributed by atoms with van der Waals surface area (Å²) >= 11 is 0. The Morgan fingerprint density at radius 3 is 1.60 bits per heavy atom. The molecule has 9 heteroatoms. The van der Waals surface area contributed by atoms with Crippen molar-refractivity contribution in [3.05, 3.63) is 59.7 Å². The van der Waals surface area contributed by atoms with Crippen molar-refractivity contribution in [1.29, 1.82) is 0 Å². The number of alkyl halides is 6. The van der Waals surface area contributed by atoms with E-state index < -0.39 is 34.9 Å². The Morgan fingerprint density at radius 1 is 0.640 bits per heavy atom. The minimum atomic E-state index is -4.95. The van der Waals surface area contributed by atoms with Crippen molar-refractivity contribution in [2.75, 3.05) is 0 Å². The second-order valence-electron chi connectivity index (χ2n) is 5.07. The molecule has 0 aliphatic rings. The Kier molecular flexibility index (Phi) is 4.02. The summed E-state index contributed by atoms with van der Waals surface area (Å²) in [5.41, 5.74) is -2.87. The molecule has 0 saturated heterocycles. The van der Waals surface area contributed by atoms with Crippen molar-refractivity contribution in [1.82, 2.24) is 10.2 Å². The van der Waals surface area contributed by atoms with Crippen LogP contribution >= 0.6 is 0 Å². The number of aromatic nitrogens is 2. The third-order valence-corrected chi connectivity index (χ3v) is 3.28. The van der Waals surface area contributed by atoms with Gasteiger partial charge in [-0.2, -0.15) is 26.3 Å². The molecule has 1 heterocycles. The molecule has 2 aromatic carbocycles. The van der Waals surface area contributed by atoms with Crippen molar-refractivity contribution >= 4 is 0 Å². The van der Waals surface area contributed by atoms with Crippen LogP contribution in [-0.2, 0) is 12.4 Å². The molecule has 25 heavy (non-hydrogen) atoms. The van der Waals surface area contributed by atoms with E-state index in [4.69, 9.17) is 4.42 Å². The number of hydrogen-bond acceptors (Lipinski definition) is 3. The first-order valence-electron chi connectivity index (χ1n) is 6.83. The van der Waals surface area contributed by atoms with Crippen molar-refractivity contribution in [3.8, 4) is 22.9 Å². The number of nitrogens with zero attached hydrogens (tertiary/aromatic N) is 2. The van der Waals surface area contributed by atoms with Crippen LogP contribution in [0.4, 0.5) is 26.3 Å². The lowest BCUT2D eigenvalue weighted by molar-refractivity contribution is -0.143. The van der Waals surface area contributed by atoms with Gasteiger partial charge in [0.05, 0.1) is 11.1 Å². The predicted octanol–water partition coefficient (Wildman–Crippen LogP) is 5.44. The van der Waals surface area contributed by atoms with Gasteiger partial charge in [0.1, 0.15) is 0 Å². The van der Waals surface area contributed by atoms with E-state index in [9.17, 15) is 26.3 Å². The average molecular weight is 358 g/mol. The molecule has 0 radical (unpaired) electrons. The van der Waals surface area contributed by atoms with E-state index >= 15 is 0 Å². The number of hydrogen-bond donors (Lipinski definition) is 0. The minimum absolute atomic E-state index is 0.0124. The van der Waals surface area contributed by atoms with Gasteiger partial charge in [-0.1, -0.05) is 18.2 Å². The van der Waals surface area contributed by atoms with Gasteiger partial charge in [-0.3, -0.25) is 0 Å². The Hall–Kier alpha value is -2.84. The quantitative estimate of drug-likeness (QED) is 0.573. The molecule has 130 valence electrons.